The summed E-state index contributed by atoms with van der Waals surface area (Å²) in [5.41, 5.74) is 0. The summed E-state index contributed by atoms with van der Waals surface area (Å²) in [6.07, 6.45) is 1.85. The monoisotopic (exact) mass is 284 g/mol. The smallest absolute Gasteiger partial charge is 0.229 e. The van der Waals surface area contributed by atoms with E-state index in [0.717, 1.165) is 0 Å². The molecule has 0 fully saturated rings. The molecule has 0 aliphatic carbocycles. The van der Waals surface area contributed by atoms with Gasteiger partial charge in [0.2, 0.25) is 11.8 Å². The van der Waals surface area contributed by atoms with Crippen molar-refractivity contribution in [3.63, 3.8) is 0 Å². The second-order valence-corrected chi connectivity index (χ2v) is 4.88. The highest BCUT2D eigenvalue weighted by molar-refractivity contribution is 5.98. The summed E-state index contributed by atoms with van der Waals surface area (Å²) in [6.45, 7) is 2.17. The van der Waals surface area contributed by atoms with Gasteiger partial charge in [0.15, 0.2) is 0 Å². The van der Waals surface area contributed by atoms with E-state index < -0.39 is 0 Å². The summed E-state index contributed by atoms with van der Waals surface area (Å²) in [4.78, 5) is 46.4. The molecular formula is C14H24N2O4. The third kappa shape index (κ3) is 9.24. The molecule has 0 aromatic heterocycles. The van der Waals surface area contributed by atoms with Gasteiger partial charge in [-0.25, -0.2) is 0 Å². The number of carbonyl (C=O) groups excluding carboxylic acids is 4. The van der Waals surface area contributed by atoms with Gasteiger partial charge >= 0.3 is 0 Å². The molecule has 0 unspecified atom stereocenters. The topological polar surface area (TPSA) is 83.5 Å². The van der Waals surface area contributed by atoms with Gasteiger partial charge in [0, 0.05) is 33.5 Å². The van der Waals surface area contributed by atoms with E-state index in [1.807, 2.05) is 0 Å². The zero-order chi connectivity index (χ0) is 15.5. The molecular weight excluding hydrogens is 260 g/mol. The molecule has 0 spiro atoms. The molecule has 0 aromatic rings. The number of amides is 2. The van der Waals surface area contributed by atoms with Gasteiger partial charge in [0.05, 0.1) is 12.8 Å². The number of unbranched alkanes of at least 4 members (excludes halogenated alkanes) is 1. The van der Waals surface area contributed by atoms with Crippen LogP contribution in [0.5, 0.6) is 0 Å². The predicted octanol–water partition coefficient (Wildman–Crippen LogP) is 0.689. The average Bonchev–Trinajstić information content (AvgIpc) is 2.37. The molecule has 0 saturated heterocycles. The summed E-state index contributed by atoms with van der Waals surface area (Å²) in [5, 5.41) is 2.63. The zero-order valence-electron chi connectivity index (χ0n) is 12.5. The molecule has 0 atom stereocenters. The Balaban J connectivity index is 3.62. The summed E-state index contributed by atoms with van der Waals surface area (Å²) in [5.74, 6) is -0.636. The largest absolute Gasteiger partial charge is 0.356 e. The van der Waals surface area contributed by atoms with Gasteiger partial charge in [0.25, 0.3) is 0 Å². The number of carbonyl (C=O) groups is 4. The van der Waals surface area contributed by atoms with Crippen molar-refractivity contribution in [2.24, 2.45) is 0 Å². The SMILES string of the molecule is CCC(=O)CC(=O)NCCCCC(=O)CC(=O)N(C)C. The molecule has 0 saturated carbocycles. The van der Waals surface area contributed by atoms with Crippen molar-refractivity contribution < 1.29 is 19.2 Å². The summed E-state index contributed by atoms with van der Waals surface area (Å²) < 4.78 is 0. The maximum atomic E-state index is 11.5. The van der Waals surface area contributed by atoms with Gasteiger partial charge in [-0.05, 0) is 12.8 Å². The lowest BCUT2D eigenvalue weighted by Crippen LogP contribution is -2.26. The van der Waals surface area contributed by atoms with Crippen LogP contribution >= 0.6 is 0 Å². The summed E-state index contributed by atoms with van der Waals surface area (Å²) >= 11 is 0. The molecule has 20 heavy (non-hydrogen) atoms. The van der Waals surface area contributed by atoms with Gasteiger partial charge in [-0.3, -0.25) is 19.2 Å². The number of ketones is 2. The van der Waals surface area contributed by atoms with Crippen LogP contribution in [0.2, 0.25) is 0 Å². The molecule has 6 heteroatoms. The molecule has 114 valence electrons. The van der Waals surface area contributed by atoms with Crippen molar-refractivity contribution >= 4 is 23.4 Å². The first kappa shape index (κ1) is 18.3. The lowest BCUT2D eigenvalue weighted by Gasteiger charge is -2.09. The van der Waals surface area contributed by atoms with Gasteiger partial charge in [-0.1, -0.05) is 6.92 Å². The second kappa shape index (κ2) is 10.1. The van der Waals surface area contributed by atoms with E-state index in [1.54, 1.807) is 21.0 Å². The first-order chi connectivity index (χ1) is 9.36. The van der Waals surface area contributed by atoms with Gasteiger partial charge in [0.1, 0.15) is 11.6 Å². The molecule has 0 radical (unpaired) electrons. The Bertz CT molecular complexity index is 364. The molecule has 1 N–H and O–H groups in total. The fourth-order valence-electron chi connectivity index (χ4n) is 1.46. The normalized spacial score (nSPS) is 9.95. The maximum Gasteiger partial charge on any atom is 0.229 e. The van der Waals surface area contributed by atoms with E-state index in [9.17, 15) is 19.2 Å². The number of nitrogens with one attached hydrogen (secondary N) is 1. The molecule has 0 aromatic carbocycles. The maximum absolute atomic E-state index is 11.5. The van der Waals surface area contributed by atoms with Crippen molar-refractivity contribution in [3.05, 3.63) is 0 Å². The lowest BCUT2D eigenvalue weighted by molar-refractivity contribution is -0.133. The Hall–Kier alpha value is -1.72. The number of Topliss-reactive ketones (excluding diaryl/α,β-unsaturated/α-hetero) is 2. The Morgan fingerprint density at radius 3 is 2.15 bits per heavy atom. The molecule has 6 nitrogen and oxygen atoms in total. The summed E-state index contributed by atoms with van der Waals surface area (Å²) in [7, 11) is 3.23. The van der Waals surface area contributed by atoms with Crippen molar-refractivity contribution in [2.75, 3.05) is 20.6 Å². The van der Waals surface area contributed by atoms with Crippen LogP contribution in [-0.2, 0) is 19.2 Å². The van der Waals surface area contributed by atoms with Crippen LogP contribution in [0.3, 0.4) is 0 Å². The Kier molecular flexibility index (Phi) is 9.24. The highest BCUT2D eigenvalue weighted by atomic mass is 16.2. The van der Waals surface area contributed by atoms with Crippen LogP contribution < -0.4 is 5.32 Å². The number of hydrogen-bond acceptors (Lipinski definition) is 4. The minimum absolute atomic E-state index is 0.0651. The minimum atomic E-state index is -0.272. The van der Waals surface area contributed by atoms with Crippen LogP contribution in [0.15, 0.2) is 0 Å². The second-order valence-electron chi connectivity index (χ2n) is 4.88. The van der Waals surface area contributed by atoms with Gasteiger partial charge in [-0.15, -0.1) is 0 Å². The van der Waals surface area contributed by atoms with E-state index in [0.29, 0.717) is 32.2 Å². The zero-order valence-corrected chi connectivity index (χ0v) is 12.5. The van der Waals surface area contributed by atoms with Crippen molar-refractivity contribution in [2.45, 2.75) is 45.4 Å². The van der Waals surface area contributed by atoms with Crippen molar-refractivity contribution in [3.8, 4) is 0 Å². The van der Waals surface area contributed by atoms with E-state index >= 15 is 0 Å². The summed E-state index contributed by atoms with van der Waals surface area (Å²) in [6, 6.07) is 0. The molecule has 0 heterocycles. The quantitative estimate of drug-likeness (QED) is 0.472. The third-order valence-electron chi connectivity index (χ3n) is 2.80. The molecule has 0 aliphatic heterocycles. The highest BCUT2D eigenvalue weighted by Gasteiger charge is 2.11. The molecule has 0 aliphatic rings. The average molecular weight is 284 g/mol. The predicted molar refractivity (Wildman–Crippen MR) is 75.1 cm³/mol. The fraction of sp³-hybridized carbons (Fsp3) is 0.714. The number of hydrogen-bond donors (Lipinski definition) is 1. The van der Waals surface area contributed by atoms with Crippen LogP contribution in [0, 0.1) is 0 Å². The minimum Gasteiger partial charge on any atom is -0.356 e. The van der Waals surface area contributed by atoms with E-state index in [1.165, 1.54) is 4.90 Å². The van der Waals surface area contributed by atoms with E-state index in [4.69, 9.17) is 0 Å². The third-order valence-corrected chi connectivity index (χ3v) is 2.80. The van der Waals surface area contributed by atoms with Crippen molar-refractivity contribution in [1.82, 2.24) is 10.2 Å². The van der Waals surface area contributed by atoms with Crippen LogP contribution in [0.1, 0.15) is 45.4 Å². The number of rotatable bonds is 10. The first-order valence-electron chi connectivity index (χ1n) is 6.87. The van der Waals surface area contributed by atoms with Crippen molar-refractivity contribution in [1.29, 1.82) is 0 Å². The molecule has 0 bridgehead atoms. The Labute approximate surface area is 119 Å². The Morgan fingerprint density at radius 1 is 0.950 bits per heavy atom. The van der Waals surface area contributed by atoms with E-state index in [-0.39, 0.29) is 36.2 Å². The Morgan fingerprint density at radius 2 is 1.60 bits per heavy atom. The van der Waals surface area contributed by atoms with Gasteiger partial charge in [-0.2, -0.15) is 0 Å². The lowest BCUT2D eigenvalue weighted by atomic mass is 10.1. The molecule has 0 rings (SSSR count). The van der Waals surface area contributed by atoms with Crippen LogP contribution in [0.4, 0.5) is 0 Å². The van der Waals surface area contributed by atoms with Crippen LogP contribution in [-0.4, -0.2) is 48.9 Å². The highest BCUT2D eigenvalue weighted by Crippen LogP contribution is 2.00. The standard InChI is InChI=1S/C14H24N2O4/c1-4-11(17)9-13(19)15-8-6-5-7-12(18)10-14(20)16(2)3/h4-10H2,1-3H3,(H,15,19). The van der Waals surface area contributed by atoms with Crippen LogP contribution in [0.25, 0.3) is 0 Å². The number of nitrogens with zero attached hydrogens (tertiary/aromatic N) is 1. The fourth-order valence-corrected chi connectivity index (χ4v) is 1.46. The first-order valence-corrected chi connectivity index (χ1v) is 6.87. The van der Waals surface area contributed by atoms with E-state index in [2.05, 4.69) is 5.32 Å². The molecule has 2 amide bonds. The van der Waals surface area contributed by atoms with Gasteiger partial charge < -0.3 is 10.2 Å².